The summed E-state index contributed by atoms with van der Waals surface area (Å²) in [6, 6.07) is -0.0951. The van der Waals surface area contributed by atoms with E-state index in [1.165, 1.54) is 0 Å². The van der Waals surface area contributed by atoms with E-state index in [9.17, 15) is 0 Å². The van der Waals surface area contributed by atoms with Crippen LogP contribution in [0.15, 0.2) is 4.52 Å². The van der Waals surface area contributed by atoms with E-state index in [-0.39, 0.29) is 6.04 Å². The molecule has 1 aliphatic rings. The van der Waals surface area contributed by atoms with Crippen LogP contribution < -0.4 is 5.73 Å². The minimum absolute atomic E-state index is 0.0951. The van der Waals surface area contributed by atoms with Gasteiger partial charge in [-0.15, -0.1) is 0 Å². The summed E-state index contributed by atoms with van der Waals surface area (Å²) in [5.74, 6) is 1.72. The highest BCUT2D eigenvalue weighted by atomic mass is 16.5. The van der Waals surface area contributed by atoms with E-state index in [0.717, 1.165) is 44.8 Å². The van der Waals surface area contributed by atoms with Crippen LogP contribution in [0.4, 0.5) is 0 Å². The van der Waals surface area contributed by atoms with E-state index >= 15 is 0 Å². The third-order valence-electron chi connectivity index (χ3n) is 2.96. The van der Waals surface area contributed by atoms with Gasteiger partial charge in [-0.3, -0.25) is 0 Å². The van der Waals surface area contributed by atoms with Crippen molar-refractivity contribution in [2.45, 2.75) is 44.6 Å². The molecule has 1 fully saturated rings. The van der Waals surface area contributed by atoms with Gasteiger partial charge in [0, 0.05) is 19.1 Å². The molecule has 90 valence electrons. The Morgan fingerprint density at radius 3 is 2.88 bits per heavy atom. The number of nitrogens with zero attached hydrogens (tertiary/aromatic N) is 2. The Bertz CT molecular complexity index is 321. The predicted molar refractivity (Wildman–Crippen MR) is 58.9 cm³/mol. The molecule has 5 heteroatoms. The van der Waals surface area contributed by atoms with Gasteiger partial charge in [0.15, 0.2) is 5.82 Å². The third-order valence-corrected chi connectivity index (χ3v) is 2.96. The molecule has 0 amide bonds. The fourth-order valence-electron chi connectivity index (χ4n) is 1.95. The largest absolute Gasteiger partial charge is 0.381 e. The zero-order valence-corrected chi connectivity index (χ0v) is 9.69. The van der Waals surface area contributed by atoms with Gasteiger partial charge >= 0.3 is 0 Å². The van der Waals surface area contributed by atoms with E-state index in [0.29, 0.717) is 11.7 Å². The Morgan fingerprint density at radius 1 is 1.44 bits per heavy atom. The lowest BCUT2D eigenvalue weighted by atomic mass is 10.0. The maximum absolute atomic E-state index is 5.94. The molecule has 1 unspecified atom stereocenters. The summed E-state index contributed by atoms with van der Waals surface area (Å²) in [6.07, 6.45) is 3.85. The molecule has 0 saturated carbocycles. The van der Waals surface area contributed by atoms with Crippen molar-refractivity contribution in [1.82, 2.24) is 10.1 Å². The summed E-state index contributed by atoms with van der Waals surface area (Å²) in [7, 11) is 0. The van der Waals surface area contributed by atoms with Gasteiger partial charge in [-0.05, 0) is 19.3 Å². The monoisotopic (exact) mass is 225 g/mol. The topological polar surface area (TPSA) is 74.2 Å². The molecule has 0 spiro atoms. The van der Waals surface area contributed by atoms with Crippen molar-refractivity contribution in [3.63, 3.8) is 0 Å². The molecule has 1 aromatic heterocycles. The van der Waals surface area contributed by atoms with Crippen LogP contribution in [0.3, 0.4) is 0 Å². The highest BCUT2D eigenvalue weighted by molar-refractivity contribution is 4.98. The Kier molecular flexibility index (Phi) is 3.90. The minimum Gasteiger partial charge on any atom is -0.381 e. The van der Waals surface area contributed by atoms with Crippen molar-refractivity contribution >= 4 is 0 Å². The fourth-order valence-corrected chi connectivity index (χ4v) is 1.95. The Balaban J connectivity index is 2.00. The van der Waals surface area contributed by atoms with Crippen molar-refractivity contribution in [1.29, 1.82) is 0 Å². The number of ether oxygens (including phenoxy) is 1. The van der Waals surface area contributed by atoms with Crippen molar-refractivity contribution in [2.75, 3.05) is 13.2 Å². The molecule has 1 aliphatic heterocycles. The van der Waals surface area contributed by atoms with E-state index in [2.05, 4.69) is 17.1 Å². The van der Waals surface area contributed by atoms with Gasteiger partial charge in [-0.2, -0.15) is 4.98 Å². The van der Waals surface area contributed by atoms with Crippen LogP contribution in [0.2, 0.25) is 0 Å². The molecule has 1 atom stereocenters. The Morgan fingerprint density at radius 2 is 2.19 bits per heavy atom. The summed E-state index contributed by atoms with van der Waals surface area (Å²) < 4.78 is 10.6. The first-order chi connectivity index (χ1) is 7.81. The zero-order valence-electron chi connectivity index (χ0n) is 9.69. The average Bonchev–Trinajstić information content (AvgIpc) is 2.80. The maximum Gasteiger partial charge on any atom is 0.229 e. The molecule has 5 nitrogen and oxygen atoms in total. The predicted octanol–water partition coefficient (Wildman–Crippen LogP) is 1.76. The molecule has 0 aliphatic carbocycles. The fraction of sp³-hybridized carbons (Fsp3) is 0.818. The molecule has 2 heterocycles. The second-order valence-electron chi connectivity index (χ2n) is 4.27. The lowest BCUT2D eigenvalue weighted by Crippen LogP contribution is -2.15. The summed E-state index contributed by atoms with van der Waals surface area (Å²) in [4.78, 5) is 4.39. The molecule has 0 radical (unpaired) electrons. The second-order valence-corrected chi connectivity index (χ2v) is 4.27. The van der Waals surface area contributed by atoms with Crippen molar-refractivity contribution in [2.24, 2.45) is 5.73 Å². The minimum atomic E-state index is -0.0951. The number of nitrogens with two attached hydrogens (primary N) is 1. The Hall–Kier alpha value is -0.940. The first-order valence-electron chi connectivity index (χ1n) is 5.98. The zero-order chi connectivity index (χ0) is 11.4. The first-order valence-corrected chi connectivity index (χ1v) is 5.98. The summed E-state index contributed by atoms with van der Waals surface area (Å²) in [5.41, 5.74) is 5.94. The highest BCUT2D eigenvalue weighted by Gasteiger charge is 2.23. The van der Waals surface area contributed by atoms with Crippen LogP contribution in [0, 0.1) is 0 Å². The van der Waals surface area contributed by atoms with Gasteiger partial charge in [0.25, 0.3) is 0 Å². The molecule has 2 rings (SSSR count). The average molecular weight is 225 g/mol. The number of hydrogen-bond donors (Lipinski definition) is 1. The van der Waals surface area contributed by atoms with Crippen LogP contribution in [0.25, 0.3) is 0 Å². The molecule has 1 aromatic rings. The number of rotatable bonds is 4. The van der Waals surface area contributed by atoms with Gasteiger partial charge in [0.1, 0.15) is 0 Å². The lowest BCUT2D eigenvalue weighted by molar-refractivity contribution is 0.0778. The SMILES string of the molecule is CCCC(N)c1noc(C2CCOCC2)n1. The van der Waals surface area contributed by atoms with E-state index in [1.807, 2.05) is 0 Å². The van der Waals surface area contributed by atoms with E-state index in [1.54, 1.807) is 0 Å². The number of hydrogen-bond acceptors (Lipinski definition) is 5. The van der Waals surface area contributed by atoms with Gasteiger partial charge in [-0.25, -0.2) is 0 Å². The molecular weight excluding hydrogens is 206 g/mol. The summed E-state index contributed by atoms with van der Waals surface area (Å²) >= 11 is 0. The maximum atomic E-state index is 5.94. The molecule has 1 saturated heterocycles. The molecule has 0 bridgehead atoms. The van der Waals surface area contributed by atoms with Crippen LogP contribution in [0.5, 0.6) is 0 Å². The van der Waals surface area contributed by atoms with Crippen molar-refractivity contribution in [3.8, 4) is 0 Å². The Labute approximate surface area is 95.3 Å². The van der Waals surface area contributed by atoms with E-state index < -0.39 is 0 Å². The molecular formula is C11H19N3O2. The highest BCUT2D eigenvalue weighted by Crippen LogP contribution is 2.26. The quantitative estimate of drug-likeness (QED) is 0.845. The summed E-state index contributed by atoms with van der Waals surface area (Å²) in [5, 5.41) is 3.96. The van der Waals surface area contributed by atoms with Gasteiger partial charge < -0.3 is 15.0 Å². The second kappa shape index (κ2) is 5.41. The summed E-state index contributed by atoms with van der Waals surface area (Å²) in [6.45, 7) is 3.66. The third kappa shape index (κ3) is 2.59. The number of aromatic nitrogens is 2. The van der Waals surface area contributed by atoms with Crippen LogP contribution in [-0.4, -0.2) is 23.4 Å². The van der Waals surface area contributed by atoms with Gasteiger partial charge in [0.2, 0.25) is 5.89 Å². The molecule has 16 heavy (non-hydrogen) atoms. The molecule has 2 N–H and O–H groups in total. The van der Waals surface area contributed by atoms with Crippen molar-refractivity contribution < 1.29 is 9.26 Å². The molecule has 0 aromatic carbocycles. The lowest BCUT2D eigenvalue weighted by Gasteiger charge is -2.18. The van der Waals surface area contributed by atoms with Crippen LogP contribution >= 0.6 is 0 Å². The smallest absolute Gasteiger partial charge is 0.229 e. The van der Waals surface area contributed by atoms with Crippen LogP contribution in [0.1, 0.15) is 56.3 Å². The standard InChI is InChI=1S/C11H19N3O2/c1-2-3-9(12)10-13-11(16-14-10)8-4-6-15-7-5-8/h8-9H,2-7,12H2,1H3. The van der Waals surface area contributed by atoms with E-state index in [4.69, 9.17) is 15.0 Å². The first kappa shape index (κ1) is 11.5. The van der Waals surface area contributed by atoms with Crippen molar-refractivity contribution in [3.05, 3.63) is 11.7 Å². The van der Waals surface area contributed by atoms with Crippen LogP contribution in [-0.2, 0) is 4.74 Å². The van der Waals surface area contributed by atoms with Gasteiger partial charge in [-0.1, -0.05) is 18.5 Å². The van der Waals surface area contributed by atoms with Gasteiger partial charge in [0.05, 0.1) is 6.04 Å². The normalized spacial score (nSPS) is 19.9.